The molecule has 0 aliphatic heterocycles. The molecule has 0 unspecified atom stereocenters. The second-order valence-electron chi connectivity index (χ2n) is 2.82. The molecule has 0 aromatic carbocycles. The van der Waals surface area contributed by atoms with E-state index in [9.17, 15) is 4.79 Å². The Morgan fingerprint density at radius 1 is 1.20 bits per heavy atom. The van der Waals surface area contributed by atoms with Gasteiger partial charge in [-0.3, -0.25) is 4.79 Å². The van der Waals surface area contributed by atoms with Crippen LogP contribution in [-0.4, -0.2) is 19.5 Å². The number of hydrogen-bond acceptors (Lipinski definition) is 4. The first kappa shape index (κ1) is 11.3. The Morgan fingerprint density at radius 3 is 2.53 bits per heavy atom. The van der Waals surface area contributed by atoms with E-state index in [1.807, 2.05) is 13.8 Å². The fourth-order valence-corrected chi connectivity index (χ4v) is 1.18. The lowest BCUT2D eigenvalue weighted by atomic mass is 10.3. The fraction of sp³-hybridized carbons (Fsp3) is 0.400. The molecule has 5 heteroatoms. The van der Waals surface area contributed by atoms with Gasteiger partial charge in [0, 0.05) is 7.05 Å². The summed E-state index contributed by atoms with van der Waals surface area (Å²) in [7, 11) is 1.65. The topological polar surface area (TPSA) is 60.7 Å². The van der Waals surface area contributed by atoms with Crippen LogP contribution in [0, 0.1) is 6.92 Å². The normalized spacial score (nSPS) is 9.60. The van der Waals surface area contributed by atoms with E-state index in [0.717, 1.165) is 0 Å². The Morgan fingerprint density at radius 2 is 1.87 bits per heavy atom. The van der Waals surface area contributed by atoms with Crippen LogP contribution in [0.15, 0.2) is 17.4 Å². The molecule has 0 aliphatic carbocycles. The van der Waals surface area contributed by atoms with Crippen LogP contribution in [-0.2, 0) is 7.05 Å². The molecular weight excluding hydrogens is 192 g/mol. The van der Waals surface area contributed by atoms with Crippen LogP contribution in [0.5, 0.6) is 0 Å². The number of nitrogens with zero attached hydrogens (tertiary/aromatic N) is 4. The molecule has 2 aromatic rings. The Hall–Kier alpha value is -1.78. The van der Waals surface area contributed by atoms with E-state index >= 15 is 0 Å². The molecule has 2 aromatic heterocycles. The number of fused-ring (bicyclic) bond motifs is 1. The van der Waals surface area contributed by atoms with Crippen molar-refractivity contribution in [1.29, 1.82) is 0 Å². The van der Waals surface area contributed by atoms with Crippen molar-refractivity contribution in [1.82, 2.24) is 19.5 Å². The third-order valence-electron chi connectivity index (χ3n) is 1.90. The van der Waals surface area contributed by atoms with Gasteiger partial charge in [0.25, 0.3) is 5.56 Å². The molecule has 0 saturated carbocycles. The second-order valence-corrected chi connectivity index (χ2v) is 2.82. The molecule has 0 amide bonds. The summed E-state index contributed by atoms with van der Waals surface area (Å²) in [5.74, 6) is 0. The van der Waals surface area contributed by atoms with Gasteiger partial charge in [0.15, 0.2) is 5.65 Å². The zero-order chi connectivity index (χ0) is 11.4. The van der Waals surface area contributed by atoms with Gasteiger partial charge < -0.3 is 4.57 Å². The Kier molecular flexibility index (Phi) is 3.49. The maximum absolute atomic E-state index is 11.6. The van der Waals surface area contributed by atoms with Crippen LogP contribution in [0.2, 0.25) is 0 Å². The summed E-state index contributed by atoms with van der Waals surface area (Å²) >= 11 is 0. The summed E-state index contributed by atoms with van der Waals surface area (Å²) in [6.45, 7) is 5.77. The lowest BCUT2D eigenvalue weighted by Crippen LogP contribution is -2.18. The van der Waals surface area contributed by atoms with Crippen LogP contribution in [0.1, 0.15) is 19.5 Å². The average molecular weight is 206 g/mol. The summed E-state index contributed by atoms with van der Waals surface area (Å²) in [6, 6.07) is 0. The van der Waals surface area contributed by atoms with E-state index in [-0.39, 0.29) is 5.56 Å². The average Bonchev–Trinajstić information content (AvgIpc) is 2.26. The highest BCUT2D eigenvalue weighted by molar-refractivity contribution is 5.75. The van der Waals surface area contributed by atoms with Crippen molar-refractivity contribution >= 4 is 11.0 Å². The van der Waals surface area contributed by atoms with Crippen molar-refractivity contribution in [2.75, 3.05) is 0 Å². The predicted octanol–water partition coefficient (Wildman–Crippen LogP) is 1.06. The van der Waals surface area contributed by atoms with E-state index in [1.54, 1.807) is 14.0 Å². The van der Waals surface area contributed by atoms with Gasteiger partial charge >= 0.3 is 0 Å². The molecule has 15 heavy (non-hydrogen) atoms. The van der Waals surface area contributed by atoms with E-state index in [1.165, 1.54) is 17.2 Å². The maximum atomic E-state index is 11.6. The highest BCUT2D eigenvalue weighted by Gasteiger charge is 2.05. The third kappa shape index (κ3) is 2.01. The number of rotatable bonds is 0. The van der Waals surface area contributed by atoms with Crippen LogP contribution >= 0.6 is 0 Å². The zero-order valence-electron chi connectivity index (χ0n) is 9.35. The minimum atomic E-state index is -0.108. The van der Waals surface area contributed by atoms with Gasteiger partial charge in [0.1, 0.15) is 11.7 Å². The molecule has 0 radical (unpaired) electrons. The van der Waals surface area contributed by atoms with E-state index in [2.05, 4.69) is 15.0 Å². The van der Waals surface area contributed by atoms with E-state index in [4.69, 9.17) is 0 Å². The Bertz CT molecular complexity index is 518. The molecule has 2 rings (SSSR count). The summed E-state index contributed by atoms with van der Waals surface area (Å²) in [5, 5.41) is 0.493. The first-order valence-corrected chi connectivity index (χ1v) is 4.83. The first-order valence-electron chi connectivity index (χ1n) is 4.83. The van der Waals surface area contributed by atoms with Gasteiger partial charge in [0.2, 0.25) is 0 Å². The van der Waals surface area contributed by atoms with Gasteiger partial charge in [-0.05, 0) is 6.92 Å². The third-order valence-corrected chi connectivity index (χ3v) is 1.90. The van der Waals surface area contributed by atoms with Crippen molar-refractivity contribution in [2.24, 2.45) is 7.05 Å². The van der Waals surface area contributed by atoms with Gasteiger partial charge in [-0.15, -0.1) is 0 Å². The molecule has 2 heterocycles. The zero-order valence-corrected chi connectivity index (χ0v) is 9.35. The smallest absolute Gasteiger partial charge is 0.264 e. The molecular formula is C10H14N4O. The van der Waals surface area contributed by atoms with Crippen LogP contribution in [0.4, 0.5) is 0 Å². The summed E-state index contributed by atoms with van der Waals surface area (Å²) in [4.78, 5) is 23.5. The summed E-state index contributed by atoms with van der Waals surface area (Å²) in [6.07, 6.45) is 2.86. The molecule has 5 nitrogen and oxygen atoms in total. The Balaban J connectivity index is 0.000000531. The van der Waals surface area contributed by atoms with E-state index in [0.29, 0.717) is 16.7 Å². The predicted molar refractivity (Wildman–Crippen MR) is 58.7 cm³/mol. The number of aromatic nitrogens is 4. The van der Waals surface area contributed by atoms with Crippen LogP contribution in [0.25, 0.3) is 11.0 Å². The molecule has 0 spiro atoms. The SMILES string of the molecule is CC.Cc1ncnc2ncn(C)c(=O)c12. The van der Waals surface area contributed by atoms with Crippen molar-refractivity contribution in [3.63, 3.8) is 0 Å². The van der Waals surface area contributed by atoms with E-state index < -0.39 is 0 Å². The standard InChI is InChI=1S/C8H8N4O.C2H6/c1-5-6-7(10-3-9-5)11-4-12(2)8(6)13;1-2/h3-4H,1-2H3;1-2H3. The lowest BCUT2D eigenvalue weighted by molar-refractivity contribution is 0.836. The summed E-state index contributed by atoms with van der Waals surface area (Å²) < 4.78 is 1.42. The number of aryl methyl sites for hydroxylation is 2. The molecule has 0 saturated heterocycles. The quantitative estimate of drug-likeness (QED) is 0.646. The maximum Gasteiger partial charge on any atom is 0.264 e. The van der Waals surface area contributed by atoms with Gasteiger partial charge in [-0.25, -0.2) is 15.0 Å². The molecule has 80 valence electrons. The van der Waals surface area contributed by atoms with Crippen molar-refractivity contribution in [2.45, 2.75) is 20.8 Å². The highest BCUT2D eigenvalue weighted by atomic mass is 16.1. The molecule has 0 aliphatic rings. The molecule has 0 fully saturated rings. The van der Waals surface area contributed by atoms with Crippen LogP contribution < -0.4 is 5.56 Å². The van der Waals surface area contributed by atoms with Crippen molar-refractivity contribution < 1.29 is 0 Å². The van der Waals surface area contributed by atoms with Gasteiger partial charge in [-0.2, -0.15) is 0 Å². The second kappa shape index (κ2) is 4.63. The molecule has 0 bridgehead atoms. The minimum Gasteiger partial charge on any atom is -0.302 e. The monoisotopic (exact) mass is 206 g/mol. The molecule has 0 N–H and O–H groups in total. The van der Waals surface area contributed by atoms with Crippen molar-refractivity contribution in [3.05, 3.63) is 28.7 Å². The van der Waals surface area contributed by atoms with Gasteiger partial charge in [0.05, 0.1) is 12.0 Å². The molecule has 0 atom stereocenters. The van der Waals surface area contributed by atoms with Crippen molar-refractivity contribution in [3.8, 4) is 0 Å². The lowest BCUT2D eigenvalue weighted by Gasteiger charge is -2.00. The largest absolute Gasteiger partial charge is 0.302 e. The van der Waals surface area contributed by atoms with Crippen LogP contribution in [0.3, 0.4) is 0 Å². The fourth-order valence-electron chi connectivity index (χ4n) is 1.18. The minimum absolute atomic E-state index is 0.108. The number of hydrogen-bond donors (Lipinski definition) is 0. The first-order chi connectivity index (χ1) is 7.20. The highest BCUT2D eigenvalue weighted by Crippen LogP contribution is 2.04. The summed E-state index contributed by atoms with van der Waals surface area (Å²) in [5.41, 5.74) is 1.01. The Labute approximate surface area is 87.8 Å². The van der Waals surface area contributed by atoms with Gasteiger partial charge in [-0.1, -0.05) is 13.8 Å².